The molecule has 27 heavy (non-hydrogen) atoms. The van der Waals surface area contributed by atoms with E-state index in [9.17, 15) is 18.0 Å². The van der Waals surface area contributed by atoms with Crippen molar-refractivity contribution in [1.29, 1.82) is 0 Å². The summed E-state index contributed by atoms with van der Waals surface area (Å²) in [5.41, 5.74) is 0.519. The van der Waals surface area contributed by atoms with Gasteiger partial charge in [-0.15, -0.1) is 0 Å². The van der Waals surface area contributed by atoms with Gasteiger partial charge in [0.25, 0.3) is 5.91 Å². The average molecular weight is 375 g/mol. The van der Waals surface area contributed by atoms with Gasteiger partial charge >= 0.3 is 6.18 Å². The summed E-state index contributed by atoms with van der Waals surface area (Å²) in [5, 5.41) is 0.857. The lowest BCUT2D eigenvalue weighted by molar-refractivity contribution is -0.141. The number of para-hydroxylation sites is 1. The summed E-state index contributed by atoms with van der Waals surface area (Å²) in [6.45, 7) is 1.62. The minimum atomic E-state index is -4.51. The molecule has 0 unspecified atom stereocenters. The molecular weight excluding hydrogens is 359 g/mol. The number of halogens is 3. The lowest BCUT2D eigenvalue weighted by Gasteiger charge is -2.35. The summed E-state index contributed by atoms with van der Waals surface area (Å²) in [5.74, 6) is 0.127. The van der Waals surface area contributed by atoms with E-state index in [0.29, 0.717) is 31.7 Å². The Morgan fingerprint density at radius 2 is 1.81 bits per heavy atom. The minimum absolute atomic E-state index is 0.0919. The van der Waals surface area contributed by atoms with Crippen LogP contribution in [0.1, 0.15) is 16.1 Å². The van der Waals surface area contributed by atoms with E-state index in [-0.39, 0.29) is 11.7 Å². The predicted octanol–water partition coefficient (Wildman–Crippen LogP) is 2.94. The highest BCUT2D eigenvalue weighted by Gasteiger charge is 2.33. The lowest BCUT2D eigenvalue weighted by Crippen LogP contribution is -2.49. The van der Waals surface area contributed by atoms with Crippen molar-refractivity contribution in [1.82, 2.24) is 19.9 Å². The van der Waals surface area contributed by atoms with Gasteiger partial charge in [0.1, 0.15) is 17.8 Å². The molecule has 6 nitrogen and oxygen atoms in total. The highest BCUT2D eigenvalue weighted by molar-refractivity contribution is 6.06. The lowest BCUT2D eigenvalue weighted by atomic mass is 10.1. The van der Waals surface area contributed by atoms with Gasteiger partial charge in [0.15, 0.2) is 0 Å². The smallest absolute Gasteiger partial charge is 0.360 e. The highest BCUT2D eigenvalue weighted by atomic mass is 19.4. The fraction of sp³-hybridized carbons (Fsp3) is 0.278. The molecule has 9 heteroatoms. The molecule has 0 spiro atoms. The summed E-state index contributed by atoms with van der Waals surface area (Å²) in [4.78, 5) is 26.6. The molecule has 0 bridgehead atoms. The molecule has 1 fully saturated rings. The number of aromatic nitrogens is 3. The predicted molar refractivity (Wildman–Crippen MR) is 93.4 cm³/mol. The number of rotatable bonds is 2. The van der Waals surface area contributed by atoms with Crippen molar-refractivity contribution in [2.45, 2.75) is 6.18 Å². The second kappa shape index (κ2) is 6.57. The normalized spacial score (nSPS) is 15.4. The Labute approximate surface area is 152 Å². The van der Waals surface area contributed by atoms with Crippen molar-refractivity contribution in [2.24, 2.45) is 0 Å². The molecule has 0 saturated carbocycles. The van der Waals surface area contributed by atoms with Gasteiger partial charge in [0, 0.05) is 49.3 Å². The van der Waals surface area contributed by atoms with E-state index < -0.39 is 11.9 Å². The molecule has 4 rings (SSSR count). The van der Waals surface area contributed by atoms with Crippen molar-refractivity contribution in [2.75, 3.05) is 31.1 Å². The van der Waals surface area contributed by atoms with Crippen molar-refractivity contribution in [3.63, 3.8) is 0 Å². The van der Waals surface area contributed by atoms with Crippen LogP contribution in [0.25, 0.3) is 10.9 Å². The molecule has 140 valence electrons. The quantitative estimate of drug-likeness (QED) is 0.748. The molecule has 1 amide bonds. The Morgan fingerprint density at radius 1 is 1.07 bits per heavy atom. The van der Waals surface area contributed by atoms with E-state index in [1.807, 2.05) is 24.3 Å². The number of carbonyl (C=O) groups excluding carboxylic acids is 1. The number of hydrogen-bond donors (Lipinski definition) is 1. The third kappa shape index (κ3) is 3.32. The van der Waals surface area contributed by atoms with E-state index in [1.54, 1.807) is 16.0 Å². The number of anilines is 1. The Morgan fingerprint density at radius 3 is 2.56 bits per heavy atom. The fourth-order valence-corrected chi connectivity index (χ4v) is 3.23. The third-order valence-electron chi connectivity index (χ3n) is 4.65. The van der Waals surface area contributed by atoms with Crippen molar-refractivity contribution < 1.29 is 18.0 Å². The number of piperazine rings is 1. The molecule has 1 aliphatic rings. The third-order valence-corrected chi connectivity index (χ3v) is 4.65. The van der Waals surface area contributed by atoms with Crippen LogP contribution in [0.4, 0.5) is 19.0 Å². The van der Waals surface area contributed by atoms with Crippen LogP contribution in [-0.2, 0) is 6.18 Å². The molecular formula is C18H16F3N5O. The molecule has 1 aromatic carbocycles. The minimum Gasteiger partial charge on any atom is -0.360 e. The summed E-state index contributed by atoms with van der Waals surface area (Å²) in [6, 6.07) is 8.49. The van der Waals surface area contributed by atoms with E-state index in [2.05, 4.69) is 15.0 Å². The number of aromatic amines is 1. The van der Waals surface area contributed by atoms with Gasteiger partial charge in [-0.2, -0.15) is 13.2 Å². The molecule has 3 aromatic rings. The first-order valence-corrected chi connectivity index (χ1v) is 8.43. The summed E-state index contributed by atoms with van der Waals surface area (Å²) in [7, 11) is 0. The first-order chi connectivity index (χ1) is 12.9. The number of hydrogen-bond acceptors (Lipinski definition) is 4. The van der Waals surface area contributed by atoms with E-state index in [4.69, 9.17) is 0 Å². The van der Waals surface area contributed by atoms with E-state index >= 15 is 0 Å². The number of fused-ring (bicyclic) bond motifs is 1. The van der Waals surface area contributed by atoms with Crippen LogP contribution in [0.5, 0.6) is 0 Å². The van der Waals surface area contributed by atoms with Gasteiger partial charge in [-0.25, -0.2) is 9.97 Å². The zero-order chi connectivity index (χ0) is 19.0. The van der Waals surface area contributed by atoms with Crippen LogP contribution in [0.15, 0.2) is 42.9 Å². The number of carbonyl (C=O) groups is 1. The molecule has 0 atom stereocenters. The second-order valence-corrected chi connectivity index (χ2v) is 6.29. The second-order valence-electron chi connectivity index (χ2n) is 6.29. The topological polar surface area (TPSA) is 65.1 Å². The van der Waals surface area contributed by atoms with Crippen molar-refractivity contribution in [3.8, 4) is 0 Å². The maximum atomic E-state index is 12.8. The van der Waals surface area contributed by atoms with Gasteiger partial charge in [0.2, 0.25) is 0 Å². The van der Waals surface area contributed by atoms with Gasteiger partial charge < -0.3 is 14.8 Å². The number of nitrogens with one attached hydrogen (secondary N) is 1. The van der Waals surface area contributed by atoms with Gasteiger partial charge in [-0.3, -0.25) is 4.79 Å². The highest BCUT2D eigenvalue weighted by Crippen LogP contribution is 2.29. The van der Waals surface area contributed by atoms with Crippen LogP contribution in [0.2, 0.25) is 0 Å². The molecule has 2 aromatic heterocycles. The summed E-state index contributed by atoms with van der Waals surface area (Å²) >= 11 is 0. The molecule has 3 heterocycles. The average Bonchev–Trinajstić information content (AvgIpc) is 3.11. The number of amides is 1. The first kappa shape index (κ1) is 17.3. The van der Waals surface area contributed by atoms with Crippen LogP contribution >= 0.6 is 0 Å². The number of alkyl halides is 3. The number of benzene rings is 1. The fourth-order valence-electron chi connectivity index (χ4n) is 3.23. The first-order valence-electron chi connectivity index (χ1n) is 8.43. The SMILES string of the molecule is O=C(c1c[nH]c2ccccc12)N1CCN(c2cc(C(F)(F)F)ncn2)CC1. The van der Waals surface area contributed by atoms with Gasteiger partial charge in [-0.1, -0.05) is 18.2 Å². The molecule has 0 aliphatic carbocycles. The van der Waals surface area contributed by atoms with Crippen LogP contribution in [0, 0.1) is 0 Å². The Balaban J connectivity index is 1.47. The van der Waals surface area contributed by atoms with Gasteiger partial charge in [0.05, 0.1) is 5.56 Å². The Bertz CT molecular complexity index is 976. The molecule has 1 aliphatic heterocycles. The van der Waals surface area contributed by atoms with Crippen LogP contribution in [-0.4, -0.2) is 51.9 Å². The molecule has 1 saturated heterocycles. The monoisotopic (exact) mass is 375 g/mol. The zero-order valence-electron chi connectivity index (χ0n) is 14.2. The maximum absolute atomic E-state index is 12.8. The van der Waals surface area contributed by atoms with Crippen molar-refractivity contribution in [3.05, 3.63) is 54.1 Å². The summed E-state index contributed by atoms with van der Waals surface area (Å²) < 4.78 is 38.5. The Hall–Kier alpha value is -3.10. The largest absolute Gasteiger partial charge is 0.433 e. The Kier molecular flexibility index (Phi) is 4.21. The zero-order valence-corrected chi connectivity index (χ0v) is 14.2. The maximum Gasteiger partial charge on any atom is 0.433 e. The van der Waals surface area contributed by atoms with E-state index in [0.717, 1.165) is 23.3 Å². The number of nitrogens with zero attached hydrogens (tertiary/aromatic N) is 4. The van der Waals surface area contributed by atoms with E-state index in [1.165, 1.54) is 0 Å². The van der Waals surface area contributed by atoms with Gasteiger partial charge in [-0.05, 0) is 6.07 Å². The number of H-pyrrole nitrogens is 1. The molecule has 0 radical (unpaired) electrons. The standard InChI is InChI=1S/C18H16F3N5O/c19-18(20,21)15-9-16(24-11-23-15)25-5-7-26(8-6-25)17(27)13-10-22-14-4-2-1-3-12(13)14/h1-4,9-11,22H,5-8H2. The van der Waals surface area contributed by atoms with Crippen LogP contribution in [0.3, 0.4) is 0 Å². The van der Waals surface area contributed by atoms with Crippen LogP contribution < -0.4 is 4.90 Å². The molecule has 1 N–H and O–H groups in total. The van der Waals surface area contributed by atoms with Crippen molar-refractivity contribution >= 4 is 22.6 Å². The summed E-state index contributed by atoms with van der Waals surface area (Å²) in [6.07, 6.45) is -1.90.